The van der Waals surface area contributed by atoms with Crippen molar-refractivity contribution in [3.63, 3.8) is 0 Å². The van der Waals surface area contributed by atoms with Crippen LogP contribution in [0.25, 0.3) is 16.3 Å². The number of rotatable bonds is 4. The maximum absolute atomic E-state index is 3.54. The monoisotopic (exact) mass is 303 g/mol. The van der Waals surface area contributed by atoms with Gasteiger partial charge >= 0.3 is 0 Å². The SMILES string of the molecule is CCCCC1=C2c3c(-c4ccccc4)[c]ccc3C1[Si]2(C)C. The molecule has 0 fully saturated rings. The molecule has 5 rings (SSSR count). The average Bonchev–Trinajstić information content (AvgIpc) is 3.01. The molecule has 2 aromatic carbocycles. The molecule has 0 amide bonds. The first kappa shape index (κ1) is 14.0. The molecule has 0 spiro atoms. The predicted molar refractivity (Wildman–Crippen MR) is 97.4 cm³/mol. The van der Waals surface area contributed by atoms with Crippen molar-refractivity contribution in [2.45, 2.75) is 44.8 Å². The van der Waals surface area contributed by atoms with Crippen LogP contribution in [0.1, 0.15) is 42.9 Å². The standard InChI is InChI=1S/C21H23Si/c1-4-5-12-18-20-17-14-9-13-16(15-10-7-6-8-11-15)19(17)21(18)22(20,2)3/h6-11,14,20H,4-5,12H2,1-3H3. The summed E-state index contributed by atoms with van der Waals surface area (Å²) >= 11 is 0. The average molecular weight is 304 g/mol. The minimum Gasteiger partial charge on any atom is -0.0654 e. The van der Waals surface area contributed by atoms with Gasteiger partial charge in [0, 0.05) is 5.54 Å². The third-order valence-electron chi connectivity index (χ3n) is 5.49. The second-order valence-electron chi connectivity index (χ2n) is 7.21. The number of hydrogen-bond acceptors (Lipinski definition) is 0. The topological polar surface area (TPSA) is 0 Å². The van der Waals surface area contributed by atoms with Crippen LogP contribution in [0.5, 0.6) is 0 Å². The van der Waals surface area contributed by atoms with Crippen LogP contribution in [0.2, 0.25) is 13.1 Å². The number of allylic oxidation sites excluding steroid dienone is 1. The van der Waals surface area contributed by atoms with E-state index in [1.54, 1.807) is 21.9 Å². The largest absolute Gasteiger partial charge is 0.0930 e. The quantitative estimate of drug-likeness (QED) is 0.608. The van der Waals surface area contributed by atoms with Gasteiger partial charge in [-0.25, -0.2) is 0 Å². The van der Waals surface area contributed by atoms with Crippen molar-refractivity contribution in [3.8, 4) is 11.1 Å². The molecule has 1 unspecified atom stereocenters. The van der Waals surface area contributed by atoms with Crippen LogP contribution in [0.15, 0.2) is 48.0 Å². The third kappa shape index (κ3) is 1.75. The van der Waals surface area contributed by atoms with E-state index in [2.05, 4.69) is 68.5 Å². The molecule has 0 N–H and O–H groups in total. The zero-order chi connectivity index (χ0) is 15.3. The van der Waals surface area contributed by atoms with Gasteiger partial charge in [0.2, 0.25) is 0 Å². The Hall–Kier alpha value is -1.60. The summed E-state index contributed by atoms with van der Waals surface area (Å²) in [6, 6.07) is 18.8. The van der Waals surface area contributed by atoms with Gasteiger partial charge in [0.15, 0.2) is 0 Å². The second-order valence-corrected chi connectivity index (χ2v) is 11.7. The Morgan fingerprint density at radius 1 is 1.09 bits per heavy atom. The summed E-state index contributed by atoms with van der Waals surface area (Å²) in [6.07, 6.45) is 3.92. The van der Waals surface area contributed by atoms with Gasteiger partial charge in [0.1, 0.15) is 0 Å². The highest BCUT2D eigenvalue weighted by Gasteiger charge is 2.56. The zero-order valence-corrected chi connectivity index (χ0v) is 14.7. The Morgan fingerprint density at radius 3 is 2.59 bits per heavy atom. The number of benzene rings is 2. The van der Waals surface area contributed by atoms with Gasteiger partial charge in [0.25, 0.3) is 0 Å². The van der Waals surface area contributed by atoms with Gasteiger partial charge in [-0.2, -0.15) is 0 Å². The minimum absolute atomic E-state index is 0.779. The molecular formula is C21H23Si. The zero-order valence-electron chi connectivity index (χ0n) is 13.7. The van der Waals surface area contributed by atoms with Gasteiger partial charge in [-0.05, 0) is 41.2 Å². The van der Waals surface area contributed by atoms with Crippen LogP contribution in [0, 0.1) is 6.07 Å². The fraction of sp³-hybridized carbons (Fsp3) is 0.333. The van der Waals surface area contributed by atoms with E-state index in [1.807, 2.05) is 0 Å². The highest BCUT2D eigenvalue weighted by molar-refractivity contribution is 7.01. The summed E-state index contributed by atoms with van der Waals surface area (Å²) in [6.45, 7) is 7.40. The first-order chi connectivity index (χ1) is 10.7. The van der Waals surface area contributed by atoms with E-state index in [0.29, 0.717) is 0 Å². The lowest BCUT2D eigenvalue weighted by atomic mass is 9.97. The normalized spacial score (nSPS) is 20.8. The number of hydrogen-bond donors (Lipinski definition) is 0. The van der Waals surface area contributed by atoms with Crippen molar-refractivity contribution < 1.29 is 0 Å². The van der Waals surface area contributed by atoms with Gasteiger partial charge in [-0.3, -0.25) is 0 Å². The van der Waals surface area contributed by atoms with Crippen molar-refractivity contribution >= 4 is 13.3 Å². The third-order valence-corrected chi connectivity index (χ3v) is 9.45. The summed E-state index contributed by atoms with van der Waals surface area (Å²) in [7, 11) is -1.27. The molecule has 0 nitrogen and oxygen atoms in total. The summed E-state index contributed by atoms with van der Waals surface area (Å²) in [4.78, 5) is 0. The molecule has 1 aliphatic carbocycles. The van der Waals surface area contributed by atoms with Gasteiger partial charge in [-0.1, -0.05) is 79.7 Å². The van der Waals surface area contributed by atoms with E-state index in [1.165, 1.54) is 30.4 Å². The molecule has 2 heterocycles. The summed E-state index contributed by atoms with van der Waals surface area (Å²) in [5.74, 6) is 0. The maximum atomic E-state index is 3.54. The molecule has 1 radical (unpaired) electrons. The van der Waals surface area contributed by atoms with E-state index in [-0.39, 0.29) is 0 Å². The Kier molecular flexibility index (Phi) is 3.16. The highest BCUT2D eigenvalue weighted by atomic mass is 28.3. The fourth-order valence-electron chi connectivity index (χ4n) is 4.61. The number of unbranched alkanes of at least 4 members (excludes halogenated alkanes) is 1. The second kappa shape index (κ2) is 4.96. The first-order valence-corrected chi connectivity index (χ1v) is 11.6. The van der Waals surface area contributed by atoms with E-state index < -0.39 is 8.07 Å². The summed E-state index contributed by atoms with van der Waals surface area (Å²) in [5.41, 5.74) is 8.37. The van der Waals surface area contributed by atoms with Crippen molar-refractivity contribution in [2.24, 2.45) is 0 Å². The van der Waals surface area contributed by atoms with E-state index in [4.69, 9.17) is 0 Å². The first-order valence-electron chi connectivity index (χ1n) is 8.50. The molecule has 2 aromatic rings. The van der Waals surface area contributed by atoms with Crippen molar-refractivity contribution in [1.82, 2.24) is 0 Å². The predicted octanol–water partition coefficient (Wildman–Crippen LogP) is 6.00. The molecular weight excluding hydrogens is 280 g/mol. The van der Waals surface area contributed by atoms with E-state index >= 15 is 0 Å². The van der Waals surface area contributed by atoms with Crippen LogP contribution in [0.4, 0.5) is 0 Å². The van der Waals surface area contributed by atoms with Gasteiger partial charge < -0.3 is 0 Å². The lowest BCUT2D eigenvalue weighted by Crippen LogP contribution is -2.42. The Morgan fingerprint density at radius 2 is 1.86 bits per heavy atom. The molecule has 0 saturated heterocycles. The van der Waals surface area contributed by atoms with Crippen LogP contribution in [0.3, 0.4) is 0 Å². The molecule has 0 saturated carbocycles. The molecule has 1 heteroatoms. The van der Waals surface area contributed by atoms with Crippen molar-refractivity contribution in [1.29, 1.82) is 0 Å². The Labute approximate surface area is 134 Å². The van der Waals surface area contributed by atoms with E-state index in [0.717, 1.165) is 5.54 Å². The van der Waals surface area contributed by atoms with Crippen LogP contribution in [-0.2, 0) is 0 Å². The van der Waals surface area contributed by atoms with Crippen LogP contribution in [-0.4, -0.2) is 8.07 Å². The minimum atomic E-state index is -1.27. The van der Waals surface area contributed by atoms with Gasteiger partial charge in [0.05, 0.1) is 8.07 Å². The molecule has 2 aliphatic heterocycles. The fourth-order valence-corrected chi connectivity index (χ4v) is 8.86. The Balaban J connectivity index is 1.87. The lowest BCUT2D eigenvalue weighted by Gasteiger charge is -2.41. The van der Waals surface area contributed by atoms with Crippen LogP contribution >= 0.6 is 0 Å². The Bertz CT molecular complexity index is 753. The molecule has 1 atom stereocenters. The summed E-state index contributed by atoms with van der Waals surface area (Å²) < 4.78 is 0. The molecule has 2 bridgehead atoms. The molecule has 111 valence electrons. The van der Waals surface area contributed by atoms with Crippen LogP contribution < -0.4 is 0 Å². The lowest BCUT2D eigenvalue weighted by molar-refractivity contribution is 0.762. The molecule has 22 heavy (non-hydrogen) atoms. The summed E-state index contributed by atoms with van der Waals surface area (Å²) in [5, 5.41) is 1.76. The van der Waals surface area contributed by atoms with Crippen molar-refractivity contribution in [3.05, 3.63) is 65.2 Å². The molecule has 0 aromatic heterocycles. The smallest absolute Gasteiger partial charge is 0.0654 e. The van der Waals surface area contributed by atoms with Crippen molar-refractivity contribution in [2.75, 3.05) is 0 Å². The maximum Gasteiger partial charge on any atom is 0.0930 e. The molecule has 3 aliphatic rings. The van der Waals surface area contributed by atoms with Gasteiger partial charge in [-0.15, -0.1) is 0 Å². The van der Waals surface area contributed by atoms with E-state index in [9.17, 15) is 0 Å². The highest BCUT2D eigenvalue weighted by Crippen LogP contribution is 2.64.